The normalized spacial score (nSPS) is 22.2. The van der Waals surface area contributed by atoms with E-state index in [0.717, 1.165) is 42.6 Å². The van der Waals surface area contributed by atoms with Crippen LogP contribution in [0.3, 0.4) is 0 Å². The van der Waals surface area contributed by atoms with Gasteiger partial charge in [0.2, 0.25) is 5.91 Å². The zero-order valence-corrected chi connectivity index (χ0v) is 20.3. The molecule has 0 radical (unpaired) electrons. The van der Waals surface area contributed by atoms with Crippen molar-refractivity contribution in [2.45, 2.75) is 31.3 Å². The molecular weight excluding hydrogens is 484 g/mol. The lowest BCUT2D eigenvalue weighted by molar-refractivity contribution is -0.138. The first-order valence-electron chi connectivity index (χ1n) is 12.3. The van der Waals surface area contributed by atoms with Crippen LogP contribution in [0.1, 0.15) is 29.6 Å². The SMILES string of the molecule is CN1CC2CC1CN2C(=O)C1CCN(c2c(F)cncc2NC(=O)c2c(N)nn3cc(F)cnc23)CC1. The molecule has 6 heterocycles. The molecule has 0 aromatic carbocycles. The lowest BCUT2D eigenvalue weighted by Gasteiger charge is -2.38. The van der Waals surface area contributed by atoms with Gasteiger partial charge in [-0.15, -0.1) is 5.10 Å². The molecule has 0 spiro atoms. The number of piperazine rings is 1. The summed E-state index contributed by atoms with van der Waals surface area (Å²) < 4.78 is 29.6. The van der Waals surface area contributed by atoms with E-state index >= 15 is 4.39 Å². The number of likely N-dealkylation sites (N-methyl/N-ethyl adjacent to an activating group) is 1. The van der Waals surface area contributed by atoms with Crippen LogP contribution in [-0.2, 0) is 4.79 Å². The number of rotatable bonds is 4. The minimum absolute atomic E-state index is 0.0509. The fourth-order valence-corrected chi connectivity index (χ4v) is 5.89. The number of likely N-dealkylation sites (tertiary alicyclic amines) is 2. The van der Waals surface area contributed by atoms with Crippen LogP contribution in [0.2, 0.25) is 0 Å². The van der Waals surface area contributed by atoms with Crippen LogP contribution >= 0.6 is 0 Å². The summed E-state index contributed by atoms with van der Waals surface area (Å²) in [6.07, 6.45) is 6.69. The van der Waals surface area contributed by atoms with Crippen molar-refractivity contribution < 1.29 is 18.4 Å². The van der Waals surface area contributed by atoms with Gasteiger partial charge in [0.25, 0.3) is 5.91 Å². The lowest BCUT2D eigenvalue weighted by atomic mass is 9.94. The number of carbonyl (C=O) groups excluding carboxylic acids is 2. The number of aromatic nitrogens is 4. The number of nitrogens with zero attached hydrogens (tertiary/aromatic N) is 7. The molecule has 2 amide bonds. The van der Waals surface area contributed by atoms with Gasteiger partial charge in [-0.3, -0.25) is 19.5 Å². The molecule has 2 atom stereocenters. The molecule has 3 saturated heterocycles. The Bertz CT molecular complexity index is 1390. The second kappa shape index (κ2) is 8.91. The van der Waals surface area contributed by atoms with Gasteiger partial charge in [0, 0.05) is 44.2 Å². The number of pyridine rings is 1. The first kappa shape index (κ1) is 23.5. The van der Waals surface area contributed by atoms with E-state index in [2.05, 4.69) is 32.3 Å². The van der Waals surface area contributed by atoms with Gasteiger partial charge in [-0.05, 0) is 26.3 Å². The van der Waals surface area contributed by atoms with Crippen LogP contribution in [0, 0.1) is 17.6 Å². The maximum atomic E-state index is 15.0. The number of anilines is 3. The van der Waals surface area contributed by atoms with E-state index < -0.39 is 17.5 Å². The van der Waals surface area contributed by atoms with E-state index in [9.17, 15) is 14.0 Å². The van der Waals surface area contributed by atoms with Crippen molar-refractivity contribution >= 4 is 34.7 Å². The Hall–Kier alpha value is -3.87. The Kier molecular flexibility index (Phi) is 5.66. The summed E-state index contributed by atoms with van der Waals surface area (Å²) in [6.45, 7) is 2.62. The zero-order chi connectivity index (χ0) is 25.8. The van der Waals surface area contributed by atoms with E-state index in [1.807, 2.05) is 9.80 Å². The number of fused-ring (bicyclic) bond motifs is 3. The molecule has 13 heteroatoms. The van der Waals surface area contributed by atoms with Gasteiger partial charge in [-0.1, -0.05) is 0 Å². The van der Waals surface area contributed by atoms with Crippen molar-refractivity contribution in [3.63, 3.8) is 0 Å². The van der Waals surface area contributed by atoms with Gasteiger partial charge >= 0.3 is 0 Å². The highest BCUT2D eigenvalue weighted by Crippen LogP contribution is 2.35. The van der Waals surface area contributed by atoms with Crippen LogP contribution in [0.25, 0.3) is 5.65 Å². The van der Waals surface area contributed by atoms with E-state index in [1.54, 1.807) is 0 Å². The second-order valence-corrected chi connectivity index (χ2v) is 10.0. The van der Waals surface area contributed by atoms with Crippen molar-refractivity contribution in [3.05, 3.63) is 42.0 Å². The highest BCUT2D eigenvalue weighted by molar-refractivity contribution is 6.12. The van der Waals surface area contributed by atoms with Crippen molar-refractivity contribution in [2.24, 2.45) is 5.92 Å². The van der Waals surface area contributed by atoms with Gasteiger partial charge in [0.15, 0.2) is 23.1 Å². The van der Waals surface area contributed by atoms with E-state index in [-0.39, 0.29) is 40.2 Å². The van der Waals surface area contributed by atoms with E-state index in [4.69, 9.17) is 5.73 Å². The van der Waals surface area contributed by atoms with Gasteiger partial charge < -0.3 is 20.9 Å². The van der Waals surface area contributed by atoms with Crippen molar-refractivity contribution in [1.82, 2.24) is 29.4 Å². The van der Waals surface area contributed by atoms with E-state index in [1.165, 1.54) is 6.20 Å². The molecule has 37 heavy (non-hydrogen) atoms. The van der Waals surface area contributed by atoms with Gasteiger partial charge in [0.1, 0.15) is 11.3 Å². The molecule has 2 bridgehead atoms. The molecule has 2 unspecified atom stereocenters. The Morgan fingerprint density at radius 3 is 2.59 bits per heavy atom. The zero-order valence-electron chi connectivity index (χ0n) is 20.3. The van der Waals surface area contributed by atoms with Crippen molar-refractivity contribution in [3.8, 4) is 0 Å². The molecule has 3 N–H and O–H groups in total. The number of hydrogen-bond acceptors (Lipinski definition) is 8. The Morgan fingerprint density at radius 1 is 1.11 bits per heavy atom. The standard InChI is InChI=1S/C24H27F2N9O2/c1-32-11-16-6-15(32)12-34(16)24(37)13-2-4-33(5-3-13)20-17(26)8-28-9-18(20)30-23(36)19-21(27)31-35-10-14(25)7-29-22(19)35/h7-10,13,15-16H,2-6,11-12H2,1H3,(H2,27,31)(H,30,36). The van der Waals surface area contributed by atoms with Crippen LogP contribution in [-0.4, -0.2) is 86.5 Å². The number of nitrogens with one attached hydrogen (secondary N) is 1. The minimum Gasteiger partial charge on any atom is -0.381 e. The highest BCUT2D eigenvalue weighted by atomic mass is 19.1. The number of nitrogen functional groups attached to an aromatic ring is 1. The lowest BCUT2D eigenvalue weighted by Crippen LogP contribution is -2.50. The third-order valence-electron chi connectivity index (χ3n) is 7.77. The molecular formula is C24H27F2N9O2. The van der Waals surface area contributed by atoms with Gasteiger partial charge in [0.05, 0.1) is 30.5 Å². The molecule has 3 aromatic rings. The smallest absolute Gasteiger partial charge is 0.263 e. The average Bonchev–Trinajstić information content (AvgIpc) is 3.54. The molecule has 0 aliphatic carbocycles. The first-order chi connectivity index (χ1) is 17.8. The summed E-state index contributed by atoms with van der Waals surface area (Å²) in [5.74, 6) is -1.94. The third-order valence-corrected chi connectivity index (χ3v) is 7.77. The van der Waals surface area contributed by atoms with Crippen LogP contribution in [0.5, 0.6) is 0 Å². The molecule has 0 saturated carbocycles. The van der Waals surface area contributed by atoms with Crippen molar-refractivity contribution in [1.29, 1.82) is 0 Å². The average molecular weight is 512 g/mol. The number of piperidine rings is 1. The number of halogens is 2. The predicted molar refractivity (Wildman–Crippen MR) is 131 cm³/mol. The number of nitrogens with two attached hydrogens (primary N) is 1. The van der Waals surface area contributed by atoms with E-state index in [0.29, 0.717) is 38.0 Å². The summed E-state index contributed by atoms with van der Waals surface area (Å²) in [7, 11) is 2.10. The maximum absolute atomic E-state index is 15.0. The highest BCUT2D eigenvalue weighted by Gasteiger charge is 2.45. The fraction of sp³-hybridized carbons (Fsp3) is 0.458. The Morgan fingerprint density at radius 2 is 1.89 bits per heavy atom. The molecule has 6 rings (SSSR count). The summed E-state index contributed by atoms with van der Waals surface area (Å²) in [5, 5.41) is 6.60. The first-order valence-corrected chi connectivity index (χ1v) is 12.3. The quantitative estimate of drug-likeness (QED) is 0.538. The summed E-state index contributed by atoms with van der Waals surface area (Å²) >= 11 is 0. The topological polar surface area (TPSA) is 125 Å². The molecule has 3 aliphatic heterocycles. The molecule has 3 fully saturated rings. The Labute approximate surface area is 211 Å². The second-order valence-electron chi connectivity index (χ2n) is 10.0. The maximum Gasteiger partial charge on any atom is 0.263 e. The molecule has 194 valence electrons. The number of carbonyl (C=O) groups is 2. The van der Waals surface area contributed by atoms with Gasteiger partial charge in [-0.25, -0.2) is 18.3 Å². The third kappa shape index (κ3) is 4.02. The summed E-state index contributed by atoms with van der Waals surface area (Å²) in [6, 6.07) is 0.737. The molecule has 3 aromatic heterocycles. The largest absolute Gasteiger partial charge is 0.381 e. The monoisotopic (exact) mass is 511 g/mol. The number of hydrogen-bond donors (Lipinski definition) is 2. The van der Waals surface area contributed by atoms with Crippen LogP contribution in [0.15, 0.2) is 24.8 Å². The molecule has 3 aliphatic rings. The van der Waals surface area contributed by atoms with Crippen LogP contribution < -0.4 is 16.0 Å². The minimum atomic E-state index is -0.667. The summed E-state index contributed by atoms with van der Waals surface area (Å²) in [5.41, 5.74) is 6.28. The van der Waals surface area contributed by atoms with Crippen molar-refractivity contribution in [2.75, 3.05) is 49.2 Å². The van der Waals surface area contributed by atoms with Crippen LogP contribution in [0.4, 0.5) is 26.0 Å². The predicted octanol–water partition coefficient (Wildman–Crippen LogP) is 1.37. The Balaban J connectivity index is 1.18. The fourth-order valence-electron chi connectivity index (χ4n) is 5.89. The number of amides is 2. The summed E-state index contributed by atoms with van der Waals surface area (Å²) in [4.78, 5) is 40.3. The van der Waals surface area contributed by atoms with Gasteiger partial charge in [-0.2, -0.15) is 0 Å². The molecule has 11 nitrogen and oxygen atoms in total.